The molecular weight excluding hydrogens is 284 g/mol. The van der Waals surface area contributed by atoms with Gasteiger partial charge in [0.15, 0.2) is 0 Å². The molecule has 2 aromatic rings. The van der Waals surface area contributed by atoms with Gasteiger partial charge in [0.2, 0.25) is 5.91 Å². The fourth-order valence-electron chi connectivity index (χ4n) is 2.66. The maximum atomic E-state index is 12.1. The molecule has 1 amide bonds. The molecule has 0 bridgehead atoms. The minimum Gasteiger partial charge on any atom is -0.387 e. The first-order valence-corrected chi connectivity index (χ1v) is 7.90. The average molecular weight is 302 g/mol. The first kappa shape index (κ1) is 14.3. The number of hydrogen-bond donors (Lipinski definition) is 2. The van der Waals surface area contributed by atoms with Crippen LogP contribution in [0.5, 0.6) is 0 Å². The Hall–Kier alpha value is -1.69. The molecule has 2 N–H and O–H groups in total. The lowest BCUT2D eigenvalue weighted by Gasteiger charge is -2.32. The minimum atomic E-state index is -0.543. The lowest BCUT2D eigenvalue weighted by atomic mass is 9.96. The number of nitrogens with one attached hydrogen (secondary N) is 1. The van der Waals surface area contributed by atoms with Crippen molar-refractivity contribution in [1.82, 2.24) is 5.32 Å². The standard InChI is InChI=1S/C16H18N2O2S/c1-18-14-5-3-2-4-12(14)13(8-16(18)20)17-9-15(19)11-6-7-21-10-11/h2-7,10,13,15,17,19H,8-9H2,1H3. The zero-order valence-electron chi connectivity index (χ0n) is 11.8. The molecule has 0 spiro atoms. The zero-order chi connectivity index (χ0) is 14.8. The Kier molecular flexibility index (Phi) is 4.05. The fourth-order valence-corrected chi connectivity index (χ4v) is 3.37. The van der Waals surface area contributed by atoms with Crippen molar-refractivity contribution in [1.29, 1.82) is 0 Å². The number of para-hydroxylation sites is 1. The number of aliphatic hydroxyl groups is 1. The predicted molar refractivity (Wildman–Crippen MR) is 84.5 cm³/mol. The number of thiophene rings is 1. The van der Waals surface area contributed by atoms with Gasteiger partial charge in [0.05, 0.1) is 6.10 Å². The molecule has 110 valence electrons. The summed E-state index contributed by atoms with van der Waals surface area (Å²) >= 11 is 1.57. The van der Waals surface area contributed by atoms with E-state index in [1.54, 1.807) is 23.3 Å². The summed E-state index contributed by atoms with van der Waals surface area (Å²) in [7, 11) is 1.80. The molecule has 1 aromatic carbocycles. The van der Waals surface area contributed by atoms with E-state index in [9.17, 15) is 9.90 Å². The third-order valence-corrected chi connectivity index (χ3v) is 4.61. The van der Waals surface area contributed by atoms with Crippen molar-refractivity contribution >= 4 is 22.9 Å². The molecule has 5 heteroatoms. The van der Waals surface area contributed by atoms with E-state index in [1.165, 1.54) is 0 Å². The Morgan fingerprint density at radius 1 is 1.43 bits per heavy atom. The lowest BCUT2D eigenvalue weighted by molar-refractivity contribution is -0.119. The maximum absolute atomic E-state index is 12.1. The van der Waals surface area contributed by atoms with E-state index in [0.29, 0.717) is 13.0 Å². The molecule has 2 atom stereocenters. The van der Waals surface area contributed by atoms with Crippen LogP contribution in [-0.4, -0.2) is 24.6 Å². The van der Waals surface area contributed by atoms with Gasteiger partial charge < -0.3 is 15.3 Å². The van der Waals surface area contributed by atoms with Crippen LogP contribution >= 0.6 is 11.3 Å². The van der Waals surface area contributed by atoms with Crippen LogP contribution in [-0.2, 0) is 4.79 Å². The number of carbonyl (C=O) groups is 1. The van der Waals surface area contributed by atoms with E-state index >= 15 is 0 Å². The summed E-state index contributed by atoms with van der Waals surface area (Å²) in [6.45, 7) is 0.437. The third kappa shape index (κ3) is 2.85. The second-order valence-electron chi connectivity index (χ2n) is 5.25. The lowest BCUT2D eigenvalue weighted by Crippen LogP contribution is -2.38. The van der Waals surface area contributed by atoms with Crippen molar-refractivity contribution in [2.45, 2.75) is 18.6 Å². The molecule has 1 aliphatic rings. The Bertz CT molecular complexity index is 627. The Balaban J connectivity index is 1.74. The quantitative estimate of drug-likeness (QED) is 0.912. The normalized spacial score (nSPS) is 19.4. The summed E-state index contributed by atoms with van der Waals surface area (Å²) in [5, 5.41) is 17.4. The molecule has 21 heavy (non-hydrogen) atoms. The van der Waals surface area contributed by atoms with Crippen LogP contribution in [0.25, 0.3) is 0 Å². The zero-order valence-corrected chi connectivity index (χ0v) is 12.6. The summed E-state index contributed by atoms with van der Waals surface area (Å²) in [6, 6.07) is 9.78. The van der Waals surface area contributed by atoms with Crippen LogP contribution in [0.2, 0.25) is 0 Å². The molecule has 0 radical (unpaired) electrons. The SMILES string of the molecule is CN1C(=O)CC(NCC(O)c2ccsc2)c2ccccc21. The van der Waals surface area contributed by atoms with E-state index in [0.717, 1.165) is 16.8 Å². The van der Waals surface area contributed by atoms with Gasteiger partial charge in [-0.25, -0.2) is 0 Å². The number of aliphatic hydroxyl groups excluding tert-OH is 1. The largest absolute Gasteiger partial charge is 0.387 e. The monoisotopic (exact) mass is 302 g/mol. The molecule has 1 aliphatic heterocycles. The number of anilines is 1. The Labute approximate surface area is 128 Å². The topological polar surface area (TPSA) is 52.6 Å². The van der Waals surface area contributed by atoms with E-state index in [2.05, 4.69) is 5.32 Å². The van der Waals surface area contributed by atoms with Crippen LogP contribution in [0.3, 0.4) is 0 Å². The fraction of sp³-hybridized carbons (Fsp3) is 0.312. The van der Waals surface area contributed by atoms with Gasteiger partial charge in [-0.2, -0.15) is 11.3 Å². The van der Waals surface area contributed by atoms with Crippen molar-refractivity contribution in [3.05, 3.63) is 52.2 Å². The molecular formula is C16H18N2O2S. The van der Waals surface area contributed by atoms with Crippen LogP contribution in [0, 0.1) is 0 Å². The van der Waals surface area contributed by atoms with E-state index < -0.39 is 6.10 Å². The van der Waals surface area contributed by atoms with Crippen molar-refractivity contribution in [3.63, 3.8) is 0 Å². The highest BCUT2D eigenvalue weighted by Crippen LogP contribution is 2.33. The highest BCUT2D eigenvalue weighted by atomic mass is 32.1. The first-order chi connectivity index (χ1) is 10.2. The number of carbonyl (C=O) groups excluding carboxylic acids is 1. The van der Waals surface area contributed by atoms with Gasteiger partial charge in [-0.3, -0.25) is 4.79 Å². The number of rotatable bonds is 4. The number of fused-ring (bicyclic) bond motifs is 1. The highest BCUT2D eigenvalue weighted by molar-refractivity contribution is 7.07. The Morgan fingerprint density at radius 2 is 2.24 bits per heavy atom. The maximum Gasteiger partial charge on any atom is 0.228 e. The molecule has 0 aliphatic carbocycles. The van der Waals surface area contributed by atoms with Gasteiger partial charge in [-0.05, 0) is 34.0 Å². The van der Waals surface area contributed by atoms with Crippen LogP contribution in [0.1, 0.15) is 29.7 Å². The van der Waals surface area contributed by atoms with Crippen molar-refractivity contribution < 1.29 is 9.90 Å². The number of benzene rings is 1. The van der Waals surface area contributed by atoms with Gasteiger partial charge >= 0.3 is 0 Å². The molecule has 2 unspecified atom stereocenters. The number of hydrogen-bond acceptors (Lipinski definition) is 4. The van der Waals surface area contributed by atoms with Crippen LogP contribution < -0.4 is 10.2 Å². The van der Waals surface area contributed by atoms with Gasteiger partial charge in [0, 0.05) is 31.7 Å². The van der Waals surface area contributed by atoms with Crippen molar-refractivity contribution in [3.8, 4) is 0 Å². The van der Waals surface area contributed by atoms with Crippen LogP contribution in [0.4, 0.5) is 5.69 Å². The number of nitrogens with zero attached hydrogens (tertiary/aromatic N) is 1. The third-order valence-electron chi connectivity index (χ3n) is 3.91. The molecule has 0 saturated heterocycles. The molecule has 1 aromatic heterocycles. The molecule has 0 fully saturated rings. The predicted octanol–water partition coefficient (Wildman–Crippen LogP) is 2.48. The van der Waals surface area contributed by atoms with Gasteiger partial charge in [-0.1, -0.05) is 18.2 Å². The molecule has 0 saturated carbocycles. The summed E-state index contributed by atoms with van der Waals surface area (Å²) in [5.41, 5.74) is 2.97. The highest BCUT2D eigenvalue weighted by Gasteiger charge is 2.28. The smallest absolute Gasteiger partial charge is 0.228 e. The summed E-state index contributed by atoms with van der Waals surface area (Å²) in [4.78, 5) is 13.8. The summed E-state index contributed by atoms with van der Waals surface area (Å²) < 4.78 is 0. The number of amides is 1. The molecule has 2 heterocycles. The van der Waals surface area contributed by atoms with E-state index in [-0.39, 0.29) is 11.9 Å². The minimum absolute atomic E-state index is 0.0433. The first-order valence-electron chi connectivity index (χ1n) is 6.96. The second kappa shape index (κ2) is 5.97. The van der Waals surface area contributed by atoms with Gasteiger partial charge in [-0.15, -0.1) is 0 Å². The van der Waals surface area contributed by atoms with Crippen LogP contribution in [0.15, 0.2) is 41.1 Å². The van der Waals surface area contributed by atoms with Crippen molar-refractivity contribution in [2.24, 2.45) is 0 Å². The summed E-state index contributed by atoms with van der Waals surface area (Å²) in [5.74, 6) is 0.0937. The molecule has 4 nitrogen and oxygen atoms in total. The molecule has 3 rings (SSSR count). The van der Waals surface area contributed by atoms with Crippen molar-refractivity contribution in [2.75, 3.05) is 18.5 Å². The van der Waals surface area contributed by atoms with Gasteiger partial charge in [0.25, 0.3) is 0 Å². The van der Waals surface area contributed by atoms with E-state index in [4.69, 9.17) is 0 Å². The van der Waals surface area contributed by atoms with Gasteiger partial charge in [0.1, 0.15) is 0 Å². The van der Waals surface area contributed by atoms with E-state index in [1.807, 2.05) is 41.1 Å². The second-order valence-corrected chi connectivity index (χ2v) is 6.03. The Morgan fingerprint density at radius 3 is 3.00 bits per heavy atom. The summed E-state index contributed by atoms with van der Waals surface area (Å²) in [6.07, 6.45) is -0.123. The average Bonchev–Trinajstić information content (AvgIpc) is 3.03.